The summed E-state index contributed by atoms with van der Waals surface area (Å²) in [6.45, 7) is 4.36. The Morgan fingerprint density at radius 2 is 1.77 bits per heavy atom. The van der Waals surface area contributed by atoms with Gasteiger partial charge in [0.1, 0.15) is 24.7 Å². The Hall–Kier alpha value is -2.20. The summed E-state index contributed by atoms with van der Waals surface area (Å²) >= 11 is 8.69. The molecule has 0 atom stereocenters. The van der Waals surface area contributed by atoms with E-state index in [0.717, 1.165) is 0 Å². The fourth-order valence-electron chi connectivity index (χ4n) is 2.37. The summed E-state index contributed by atoms with van der Waals surface area (Å²) in [5.74, 6) is 0.905. The largest absolute Gasteiger partial charge is 0.490 e. The summed E-state index contributed by atoms with van der Waals surface area (Å²) in [4.78, 5) is 12.5. The van der Waals surface area contributed by atoms with E-state index in [1.54, 1.807) is 25.3 Å². The maximum atomic E-state index is 12.5. The lowest BCUT2D eigenvalue weighted by molar-refractivity contribution is 0.0977. The standard InChI is InChI=1S/C21H25BrN2O5S/c1-3-27-11-13-29-19-7-5-4-6-17(19)23-21(30)24-20(25)15-8-9-18(16(22)14-15)28-12-10-26-2/h4-9,14H,3,10-13H2,1-2H3,(H2,23,24,25,30). The van der Waals surface area contributed by atoms with Gasteiger partial charge >= 0.3 is 0 Å². The van der Waals surface area contributed by atoms with Crippen LogP contribution in [0, 0.1) is 0 Å². The van der Waals surface area contributed by atoms with Gasteiger partial charge in [0, 0.05) is 19.3 Å². The molecule has 0 aliphatic heterocycles. The van der Waals surface area contributed by atoms with Crippen molar-refractivity contribution >= 4 is 44.9 Å². The van der Waals surface area contributed by atoms with Crippen LogP contribution in [-0.2, 0) is 9.47 Å². The second-order valence-corrected chi connectivity index (χ2v) is 7.20. The number of amides is 1. The lowest BCUT2D eigenvalue weighted by Crippen LogP contribution is -2.34. The molecule has 0 bridgehead atoms. The van der Waals surface area contributed by atoms with Crippen molar-refractivity contribution in [3.8, 4) is 11.5 Å². The molecule has 0 saturated carbocycles. The first kappa shape index (κ1) is 24.1. The van der Waals surface area contributed by atoms with Gasteiger partial charge in [-0.15, -0.1) is 0 Å². The zero-order chi connectivity index (χ0) is 21.8. The number of thiocarbonyl (C=S) groups is 1. The predicted octanol–water partition coefficient (Wildman–Crippen LogP) is 4.02. The summed E-state index contributed by atoms with van der Waals surface area (Å²) in [5.41, 5.74) is 1.09. The van der Waals surface area contributed by atoms with Gasteiger partial charge in [0.15, 0.2) is 5.11 Å². The molecule has 2 aromatic carbocycles. The highest BCUT2D eigenvalue weighted by Crippen LogP contribution is 2.26. The number of benzene rings is 2. The normalized spacial score (nSPS) is 10.4. The van der Waals surface area contributed by atoms with Gasteiger partial charge in [-0.2, -0.15) is 0 Å². The van der Waals surface area contributed by atoms with E-state index in [1.165, 1.54) is 0 Å². The minimum absolute atomic E-state index is 0.164. The van der Waals surface area contributed by atoms with Gasteiger partial charge in [0.05, 0.1) is 23.4 Å². The highest BCUT2D eigenvalue weighted by Gasteiger charge is 2.12. The molecule has 9 heteroatoms. The van der Waals surface area contributed by atoms with Crippen LogP contribution in [0.15, 0.2) is 46.9 Å². The van der Waals surface area contributed by atoms with Crippen LogP contribution in [0.25, 0.3) is 0 Å². The fourth-order valence-corrected chi connectivity index (χ4v) is 3.07. The zero-order valence-electron chi connectivity index (χ0n) is 16.9. The molecule has 0 aliphatic carbocycles. The van der Waals surface area contributed by atoms with E-state index in [1.807, 2.05) is 31.2 Å². The van der Waals surface area contributed by atoms with Crippen molar-refractivity contribution in [1.29, 1.82) is 0 Å². The second kappa shape index (κ2) is 13.2. The van der Waals surface area contributed by atoms with Crippen molar-refractivity contribution in [1.82, 2.24) is 5.32 Å². The van der Waals surface area contributed by atoms with Crippen molar-refractivity contribution in [2.24, 2.45) is 0 Å². The third-order valence-electron chi connectivity index (χ3n) is 3.79. The first-order chi connectivity index (χ1) is 14.5. The number of ether oxygens (including phenoxy) is 4. The molecule has 162 valence electrons. The Labute approximate surface area is 190 Å². The first-order valence-corrected chi connectivity index (χ1v) is 10.6. The Morgan fingerprint density at radius 3 is 2.50 bits per heavy atom. The van der Waals surface area contributed by atoms with Crippen LogP contribution in [0.2, 0.25) is 0 Å². The van der Waals surface area contributed by atoms with Crippen molar-refractivity contribution in [3.05, 3.63) is 52.5 Å². The molecule has 0 saturated heterocycles. The smallest absolute Gasteiger partial charge is 0.257 e. The molecule has 7 nitrogen and oxygen atoms in total. The molecule has 0 spiro atoms. The minimum atomic E-state index is -0.341. The average Bonchev–Trinajstić information content (AvgIpc) is 2.73. The molecule has 2 aromatic rings. The molecular formula is C21H25BrN2O5S. The van der Waals surface area contributed by atoms with E-state index in [0.29, 0.717) is 60.3 Å². The number of rotatable bonds is 11. The zero-order valence-corrected chi connectivity index (χ0v) is 19.3. The number of hydrogen-bond acceptors (Lipinski definition) is 6. The summed E-state index contributed by atoms with van der Waals surface area (Å²) in [6, 6.07) is 12.4. The fraction of sp³-hybridized carbons (Fsp3) is 0.333. The molecule has 0 radical (unpaired) electrons. The van der Waals surface area contributed by atoms with Crippen molar-refractivity contribution in [2.45, 2.75) is 6.92 Å². The van der Waals surface area contributed by atoms with Crippen LogP contribution in [0.1, 0.15) is 17.3 Å². The molecule has 30 heavy (non-hydrogen) atoms. The third-order valence-corrected chi connectivity index (χ3v) is 4.61. The van der Waals surface area contributed by atoms with Crippen LogP contribution in [-0.4, -0.2) is 51.2 Å². The molecule has 0 fully saturated rings. The van der Waals surface area contributed by atoms with Gasteiger partial charge in [0.2, 0.25) is 0 Å². The lowest BCUT2D eigenvalue weighted by atomic mass is 10.2. The van der Waals surface area contributed by atoms with Gasteiger partial charge in [0.25, 0.3) is 5.91 Å². The van der Waals surface area contributed by atoms with E-state index >= 15 is 0 Å². The van der Waals surface area contributed by atoms with Gasteiger partial charge in [-0.1, -0.05) is 12.1 Å². The van der Waals surface area contributed by atoms with E-state index in [2.05, 4.69) is 26.6 Å². The van der Waals surface area contributed by atoms with E-state index in [-0.39, 0.29) is 11.0 Å². The number of methoxy groups -OCH3 is 1. The maximum Gasteiger partial charge on any atom is 0.257 e. The van der Waals surface area contributed by atoms with Crippen molar-refractivity contribution < 1.29 is 23.7 Å². The highest BCUT2D eigenvalue weighted by atomic mass is 79.9. The SMILES string of the molecule is CCOCCOc1ccccc1NC(=S)NC(=O)c1ccc(OCCOC)c(Br)c1. The molecule has 0 unspecified atom stereocenters. The van der Waals surface area contributed by atoms with E-state index in [4.69, 9.17) is 31.2 Å². The first-order valence-electron chi connectivity index (χ1n) is 9.38. The second-order valence-electron chi connectivity index (χ2n) is 5.94. The van der Waals surface area contributed by atoms with Gasteiger partial charge in [-0.25, -0.2) is 0 Å². The average molecular weight is 497 g/mol. The minimum Gasteiger partial charge on any atom is -0.490 e. The summed E-state index contributed by atoms with van der Waals surface area (Å²) in [7, 11) is 1.61. The Kier molecular flexibility index (Phi) is 10.6. The lowest BCUT2D eigenvalue weighted by Gasteiger charge is -2.14. The molecule has 0 aromatic heterocycles. The van der Waals surface area contributed by atoms with Crippen LogP contribution < -0.4 is 20.1 Å². The molecular weight excluding hydrogens is 472 g/mol. The Balaban J connectivity index is 1.93. The third kappa shape index (κ3) is 7.91. The number of anilines is 1. The summed E-state index contributed by atoms with van der Waals surface area (Å²) in [5, 5.41) is 5.83. The Bertz CT molecular complexity index is 850. The van der Waals surface area contributed by atoms with Crippen LogP contribution >= 0.6 is 28.1 Å². The number of para-hydroxylation sites is 2. The van der Waals surface area contributed by atoms with Crippen LogP contribution in [0.4, 0.5) is 5.69 Å². The van der Waals surface area contributed by atoms with E-state index < -0.39 is 0 Å². The molecule has 0 heterocycles. The molecule has 2 rings (SSSR count). The molecule has 1 amide bonds. The van der Waals surface area contributed by atoms with Crippen molar-refractivity contribution in [2.75, 3.05) is 45.5 Å². The summed E-state index contributed by atoms with van der Waals surface area (Å²) in [6.07, 6.45) is 0. The number of nitrogens with one attached hydrogen (secondary N) is 2. The maximum absolute atomic E-state index is 12.5. The highest BCUT2D eigenvalue weighted by molar-refractivity contribution is 9.10. The quantitative estimate of drug-likeness (QED) is 0.359. The van der Waals surface area contributed by atoms with Gasteiger partial charge in [-0.3, -0.25) is 10.1 Å². The monoisotopic (exact) mass is 496 g/mol. The van der Waals surface area contributed by atoms with E-state index in [9.17, 15) is 4.79 Å². The number of carbonyl (C=O) groups is 1. The van der Waals surface area contributed by atoms with Crippen LogP contribution in [0.5, 0.6) is 11.5 Å². The molecule has 0 aliphatic rings. The van der Waals surface area contributed by atoms with Crippen molar-refractivity contribution in [3.63, 3.8) is 0 Å². The van der Waals surface area contributed by atoms with Crippen LogP contribution in [0.3, 0.4) is 0 Å². The topological polar surface area (TPSA) is 78.1 Å². The van der Waals surface area contributed by atoms with Gasteiger partial charge in [-0.05, 0) is 65.4 Å². The number of hydrogen-bond donors (Lipinski definition) is 2. The van der Waals surface area contributed by atoms with Gasteiger partial charge < -0.3 is 24.3 Å². The summed E-state index contributed by atoms with van der Waals surface area (Å²) < 4.78 is 22.2. The molecule has 2 N–H and O–H groups in total. The number of carbonyl (C=O) groups excluding carboxylic acids is 1. The Morgan fingerprint density at radius 1 is 1.03 bits per heavy atom. The predicted molar refractivity (Wildman–Crippen MR) is 124 cm³/mol. The number of halogens is 1.